The van der Waals surface area contributed by atoms with E-state index in [4.69, 9.17) is 9.47 Å². The van der Waals surface area contributed by atoms with Gasteiger partial charge in [0.1, 0.15) is 5.75 Å². The van der Waals surface area contributed by atoms with Crippen LogP contribution in [0.15, 0.2) is 30.3 Å². The quantitative estimate of drug-likeness (QED) is 0.678. The van der Waals surface area contributed by atoms with E-state index in [0.29, 0.717) is 11.5 Å². The van der Waals surface area contributed by atoms with Crippen molar-refractivity contribution in [2.24, 2.45) is 0 Å². The number of fused-ring (bicyclic) bond motifs is 7. The highest BCUT2D eigenvalue weighted by Crippen LogP contribution is 2.47. The van der Waals surface area contributed by atoms with Gasteiger partial charge in [0.05, 0.1) is 20.3 Å². The van der Waals surface area contributed by atoms with E-state index in [9.17, 15) is 10.2 Å². The van der Waals surface area contributed by atoms with Crippen molar-refractivity contribution in [3.63, 3.8) is 0 Å². The Labute approximate surface area is 157 Å². The van der Waals surface area contributed by atoms with Crippen LogP contribution in [-0.2, 0) is 6.54 Å². The molecule has 0 spiro atoms. The standard InChI is InChI=1S/C22H23NO4/c1-26-19-9-15-14-8-12(24)5-6-13(14)21-17(16(15)10-20(19)27-2)11-23-7-3-4-18(23)22(21)25/h5-6,8-10,18,22,24-25H,3-4,7,11H2,1-2H3/t18?,22-/m1/s1. The molecule has 5 nitrogen and oxygen atoms in total. The Morgan fingerprint density at radius 2 is 1.67 bits per heavy atom. The number of hydrogen-bond donors (Lipinski definition) is 2. The summed E-state index contributed by atoms with van der Waals surface area (Å²) in [6, 6.07) is 9.54. The van der Waals surface area contributed by atoms with Gasteiger partial charge >= 0.3 is 0 Å². The molecular formula is C22H23NO4. The lowest BCUT2D eigenvalue weighted by Crippen LogP contribution is -2.39. The zero-order valence-electron chi connectivity index (χ0n) is 15.5. The molecule has 0 bridgehead atoms. The predicted molar refractivity (Wildman–Crippen MR) is 105 cm³/mol. The molecule has 140 valence electrons. The number of hydrogen-bond acceptors (Lipinski definition) is 5. The number of benzene rings is 3. The average molecular weight is 365 g/mol. The second-order valence-electron chi connectivity index (χ2n) is 7.50. The van der Waals surface area contributed by atoms with E-state index in [-0.39, 0.29) is 11.8 Å². The summed E-state index contributed by atoms with van der Waals surface area (Å²) in [6.07, 6.45) is 1.61. The normalized spacial score (nSPS) is 22.0. The van der Waals surface area contributed by atoms with Gasteiger partial charge in [0.25, 0.3) is 0 Å². The van der Waals surface area contributed by atoms with Crippen molar-refractivity contribution < 1.29 is 19.7 Å². The minimum absolute atomic E-state index is 0.173. The summed E-state index contributed by atoms with van der Waals surface area (Å²) in [5, 5.41) is 25.3. The Hall–Kier alpha value is -2.50. The monoisotopic (exact) mass is 365 g/mol. The summed E-state index contributed by atoms with van der Waals surface area (Å²) < 4.78 is 11.0. The van der Waals surface area contributed by atoms with Crippen molar-refractivity contribution in [1.82, 2.24) is 4.90 Å². The lowest BCUT2D eigenvalue weighted by Gasteiger charge is -2.37. The van der Waals surface area contributed by atoms with Gasteiger partial charge in [-0.05, 0) is 76.3 Å². The van der Waals surface area contributed by atoms with Crippen molar-refractivity contribution in [3.8, 4) is 17.2 Å². The first-order valence-corrected chi connectivity index (χ1v) is 9.37. The highest BCUT2D eigenvalue weighted by atomic mass is 16.5. The lowest BCUT2D eigenvalue weighted by molar-refractivity contribution is 0.0552. The molecule has 2 atom stereocenters. The number of aromatic hydroxyl groups is 1. The fourth-order valence-corrected chi connectivity index (χ4v) is 4.96. The molecule has 2 N–H and O–H groups in total. The zero-order chi connectivity index (χ0) is 18.7. The van der Waals surface area contributed by atoms with Crippen molar-refractivity contribution in [2.75, 3.05) is 20.8 Å². The summed E-state index contributed by atoms with van der Waals surface area (Å²) in [6.45, 7) is 1.84. The number of aliphatic hydroxyl groups is 1. The molecule has 1 saturated heterocycles. The Morgan fingerprint density at radius 3 is 2.41 bits per heavy atom. The second-order valence-corrected chi connectivity index (χ2v) is 7.50. The van der Waals surface area contributed by atoms with E-state index in [1.807, 2.05) is 18.2 Å². The van der Waals surface area contributed by atoms with Gasteiger partial charge in [-0.3, -0.25) is 4.90 Å². The van der Waals surface area contributed by atoms with Gasteiger partial charge in [0.15, 0.2) is 11.5 Å². The zero-order valence-corrected chi connectivity index (χ0v) is 15.5. The molecule has 0 aliphatic carbocycles. The van der Waals surface area contributed by atoms with Crippen LogP contribution in [0.2, 0.25) is 0 Å². The molecule has 5 heteroatoms. The minimum atomic E-state index is -0.527. The second kappa shape index (κ2) is 6.01. The number of methoxy groups -OCH3 is 2. The summed E-state index contributed by atoms with van der Waals surface area (Å²) in [5.74, 6) is 1.54. The highest BCUT2D eigenvalue weighted by molar-refractivity contribution is 6.12. The van der Waals surface area contributed by atoms with Gasteiger partial charge in [-0.15, -0.1) is 0 Å². The Balaban J connectivity index is 1.93. The van der Waals surface area contributed by atoms with Crippen LogP contribution in [0.25, 0.3) is 21.5 Å². The molecule has 1 fully saturated rings. The van der Waals surface area contributed by atoms with Gasteiger partial charge in [-0.25, -0.2) is 0 Å². The summed E-state index contributed by atoms with van der Waals surface area (Å²) in [4.78, 5) is 2.38. The van der Waals surface area contributed by atoms with Gasteiger partial charge in [0.2, 0.25) is 0 Å². The van der Waals surface area contributed by atoms with Crippen molar-refractivity contribution in [2.45, 2.75) is 31.5 Å². The SMILES string of the molecule is COc1cc2c3c(c4ccc(O)cc4c2cc1OC)[C@H](O)C1CCCN1C3. The molecule has 27 heavy (non-hydrogen) atoms. The van der Waals surface area contributed by atoms with Crippen LogP contribution >= 0.6 is 0 Å². The van der Waals surface area contributed by atoms with Gasteiger partial charge in [0, 0.05) is 12.6 Å². The third-order valence-corrected chi connectivity index (χ3v) is 6.19. The molecule has 2 aliphatic heterocycles. The first kappa shape index (κ1) is 16.7. The Morgan fingerprint density at radius 1 is 0.963 bits per heavy atom. The number of phenols is 1. The number of ether oxygens (including phenoxy) is 2. The van der Waals surface area contributed by atoms with E-state index in [0.717, 1.165) is 58.6 Å². The molecule has 2 aliphatic rings. The number of rotatable bonds is 2. The summed E-state index contributed by atoms with van der Waals surface area (Å²) >= 11 is 0. The maximum atomic E-state index is 11.2. The first-order chi connectivity index (χ1) is 13.1. The number of phenolic OH excluding ortho intramolecular Hbond substituents is 1. The first-order valence-electron chi connectivity index (χ1n) is 9.37. The van der Waals surface area contributed by atoms with Crippen LogP contribution < -0.4 is 9.47 Å². The highest BCUT2D eigenvalue weighted by Gasteiger charge is 2.38. The molecular weight excluding hydrogens is 342 g/mol. The van der Waals surface area contributed by atoms with E-state index in [1.54, 1.807) is 26.4 Å². The lowest BCUT2D eigenvalue weighted by atomic mass is 9.83. The molecule has 2 heterocycles. The predicted octanol–water partition coefficient (Wildman–Crippen LogP) is 3.73. The third kappa shape index (κ3) is 2.32. The Kier molecular flexibility index (Phi) is 3.71. The topological polar surface area (TPSA) is 62.2 Å². The van der Waals surface area contributed by atoms with Crippen molar-refractivity contribution in [1.29, 1.82) is 0 Å². The molecule has 1 unspecified atom stereocenters. The van der Waals surface area contributed by atoms with Crippen LogP contribution in [0, 0.1) is 0 Å². The van der Waals surface area contributed by atoms with E-state index in [2.05, 4.69) is 4.90 Å². The van der Waals surface area contributed by atoms with Gasteiger partial charge < -0.3 is 19.7 Å². The molecule has 0 amide bonds. The summed E-state index contributed by atoms with van der Waals surface area (Å²) in [7, 11) is 3.26. The van der Waals surface area contributed by atoms with E-state index < -0.39 is 6.10 Å². The van der Waals surface area contributed by atoms with E-state index in [1.165, 1.54) is 0 Å². The van der Waals surface area contributed by atoms with E-state index >= 15 is 0 Å². The van der Waals surface area contributed by atoms with Crippen LogP contribution in [0.1, 0.15) is 30.1 Å². The molecule has 5 rings (SSSR count). The smallest absolute Gasteiger partial charge is 0.161 e. The maximum absolute atomic E-state index is 11.2. The molecule has 0 saturated carbocycles. The number of nitrogens with zero attached hydrogens (tertiary/aromatic N) is 1. The fourth-order valence-electron chi connectivity index (χ4n) is 4.96. The van der Waals surface area contributed by atoms with Gasteiger partial charge in [-0.2, -0.15) is 0 Å². The van der Waals surface area contributed by atoms with Crippen LogP contribution in [0.3, 0.4) is 0 Å². The molecule has 0 radical (unpaired) electrons. The van der Waals surface area contributed by atoms with Crippen LogP contribution in [0.5, 0.6) is 17.2 Å². The molecule has 3 aromatic rings. The fraction of sp³-hybridized carbons (Fsp3) is 0.364. The molecule has 3 aromatic carbocycles. The average Bonchev–Trinajstić information content (AvgIpc) is 3.16. The largest absolute Gasteiger partial charge is 0.508 e. The summed E-state index contributed by atoms with van der Waals surface area (Å²) in [5.41, 5.74) is 2.14. The van der Waals surface area contributed by atoms with Gasteiger partial charge in [-0.1, -0.05) is 6.07 Å². The minimum Gasteiger partial charge on any atom is -0.508 e. The van der Waals surface area contributed by atoms with Crippen LogP contribution in [0.4, 0.5) is 0 Å². The van der Waals surface area contributed by atoms with Crippen molar-refractivity contribution in [3.05, 3.63) is 41.5 Å². The van der Waals surface area contributed by atoms with Crippen molar-refractivity contribution >= 4 is 21.5 Å². The third-order valence-electron chi connectivity index (χ3n) is 6.19. The number of aliphatic hydroxyl groups excluding tert-OH is 1. The van der Waals surface area contributed by atoms with Crippen LogP contribution in [-0.4, -0.2) is 41.9 Å². The molecule has 0 aromatic heterocycles. The Bertz CT molecular complexity index is 1060. The maximum Gasteiger partial charge on any atom is 0.161 e.